The van der Waals surface area contributed by atoms with Crippen LogP contribution in [0.3, 0.4) is 0 Å². The molecule has 26 heavy (non-hydrogen) atoms. The third-order valence-electron chi connectivity index (χ3n) is 5.26. The largest absolute Gasteiger partial charge is 0.339 e. The zero-order valence-electron chi connectivity index (χ0n) is 14.4. The molecule has 1 saturated heterocycles. The van der Waals surface area contributed by atoms with Crippen molar-refractivity contribution in [2.24, 2.45) is 5.92 Å². The highest BCUT2D eigenvalue weighted by Crippen LogP contribution is 2.50. The van der Waals surface area contributed by atoms with Crippen molar-refractivity contribution in [2.45, 2.75) is 18.8 Å². The first kappa shape index (κ1) is 17.6. The van der Waals surface area contributed by atoms with E-state index in [2.05, 4.69) is 11.4 Å². The molecule has 0 N–H and O–H groups in total. The lowest BCUT2D eigenvalue weighted by atomic mass is 10.1. The molecule has 1 aliphatic carbocycles. The van der Waals surface area contributed by atoms with E-state index in [4.69, 9.17) is 11.6 Å². The summed E-state index contributed by atoms with van der Waals surface area (Å²) in [6.07, 6.45) is 1.28. The van der Waals surface area contributed by atoms with Crippen molar-refractivity contribution in [2.75, 3.05) is 26.2 Å². The molecule has 6 heteroatoms. The van der Waals surface area contributed by atoms with Crippen LogP contribution in [0.15, 0.2) is 41.8 Å². The van der Waals surface area contributed by atoms with Crippen molar-refractivity contribution >= 4 is 34.8 Å². The molecule has 2 amide bonds. The van der Waals surface area contributed by atoms with Crippen molar-refractivity contribution in [1.29, 1.82) is 0 Å². The predicted molar refractivity (Wildman–Crippen MR) is 103 cm³/mol. The van der Waals surface area contributed by atoms with Gasteiger partial charge in [-0.15, -0.1) is 11.3 Å². The minimum atomic E-state index is 0.0769. The van der Waals surface area contributed by atoms with E-state index in [1.165, 1.54) is 4.88 Å². The zero-order valence-corrected chi connectivity index (χ0v) is 16.0. The summed E-state index contributed by atoms with van der Waals surface area (Å²) in [7, 11) is 0. The molecule has 4 nitrogen and oxygen atoms in total. The highest BCUT2D eigenvalue weighted by atomic mass is 35.5. The highest BCUT2D eigenvalue weighted by molar-refractivity contribution is 7.10. The predicted octanol–water partition coefficient (Wildman–Crippen LogP) is 3.42. The summed E-state index contributed by atoms with van der Waals surface area (Å²) >= 11 is 7.88. The monoisotopic (exact) mass is 388 g/mol. The fourth-order valence-electron chi connectivity index (χ4n) is 3.61. The number of piperazine rings is 1. The van der Waals surface area contributed by atoms with E-state index in [9.17, 15) is 9.59 Å². The van der Waals surface area contributed by atoms with Crippen molar-refractivity contribution in [3.63, 3.8) is 0 Å². The number of rotatable bonds is 4. The number of nitrogens with zero attached hydrogens (tertiary/aromatic N) is 2. The second kappa shape index (κ2) is 7.41. The lowest BCUT2D eigenvalue weighted by molar-refractivity contribution is -0.140. The number of carbonyl (C=O) groups is 2. The van der Waals surface area contributed by atoms with E-state index >= 15 is 0 Å². The molecule has 0 bridgehead atoms. The van der Waals surface area contributed by atoms with Gasteiger partial charge in [-0.1, -0.05) is 35.9 Å². The molecule has 2 fully saturated rings. The topological polar surface area (TPSA) is 40.6 Å². The third-order valence-corrected chi connectivity index (χ3v) is 6.63. The average Bonchev–Trinajstić information content (AvgIpc) is 3.27. The maximum absolute atomic E-state index is 12.7. The van der Waals surface area contributed by atoms with Gasteiger partial charge >= 0.3 is 0 Å². The van der Waals surface area contributed by atoms with Crippen LogP contribution in [0.2, 0.25) is 5.02 Å². The molecule has 1 saturated carbocycles. The fourth-order valence-corrected chi connectivity index (χ4v) is 4.72. The maximum atomic E-state index is 12.7. The molecule has 136 valence electrons. The molecule has 2 aromatic rings. The summed E-state index contributed by atoms with van der Waals surface area (Å²) in [4.78, 5) is 30.3. The second-order valence-corrected chi connectivity index (χ2v) is 8.32. The van der Waals surface area contributed by atoms with Gasteiger partial charge in [0.25, 0.3) is 0 Å². The Morgan fingerprint density at radius 2 is 1.77 bits per heavy atom. The molecule has 4 rings (SSSR count). The molecular weight excluding hydrogens is 368 g/mol. The summed E-state index contributed by atoms with van der Waals surface area (Å²) in [5.74, 6) is 0.871. The standard InChI is InChI=1S/C20H21ClN2O2S/c21-17-5-2-1-4-14(17)12-19(24)22-7-9-23(10-8-22)20(25)16-13-15(16)18-6-3-11-26-18/h1-6,11,15-16H,7-10,12-13H2/t15-,16+/m1/s1. The molecule has 1 aromatic heterocycles. The van der Waals surface area contributed by atoms with Crippen molar-refractivity contribution in [1.82, 2.24) is 9.80 Å². The van der Waals surface area contributed by atoms with Crippen molar-refractivity contribution in [3.8, 4) is 0 Å². The van der Waals surface area contributed by atoms with Gasteiger partial charge in [0.2, 0.25) is 11.8 Å². The summed E-state index contributed by atoms with van der Waals surface area (Å²) in [5.41, 5.74) is 0.856. The van der Waals surface area contributed by atoms with Gasteiger partial charge in [-0.3, -0.25) is 9.59 Å². The van der Waals surface area contributed by atoms with E-state index in [1.807, 2.05) is 34.1 Å². The van der Waals surface area contributed by atoms with E-state index in [0.717, 1.165) is 12.0 Å². The minimum absolute atomic E-state index is 0.0769. The maximum Gasteiger partial charge on any atom is 0.227 e. The summed E-state index contributed by atoms with van der Waals surface area (Å²) in [5, 5.41) is 2.70. The molecule has 2 atom stereocenters. The van der Waals surface area contributed by atoms with Crippen LogP contribution in [0.25, 0.3) is 0 Å². The van der Waals surface area contributed by atoms with Gasteiger partial charge in [-0.2, -0.15) is 0 Å². The molecule has 2 heterocycles. The second-order valence-electron chi connectivity index (χ2n) is 6.94. The number of benzene rings is 1. The van der Waals surface area contributed by atoms with Crippen LogP contribution < -0.4 is 0 Å². The number of thiophene rings is 1. The van der Waals surface area contributed by atoms with Crippen LogP contribution in [0, 0.1) is 5.92 Å². The van der Waals surface area contributed by atoms with Crippen LogP contribution in [0.1, 0.15) is 22.8 Å². The van der Waals surface area contributed by atoms with Gasteiger partial charge in [0.1, 0.15) is 0 Å². The van der Waals surface area contributed by atoms with Gasteiger partial charge in [0, 0.05) is 47.9 Å². The summed E-state index contributed by atoms with van der Waals surface area (Å²) in [6.45, 7) is 2.46. The van der Waals surface area contributed by atoms with Crippen LogP contribution in [-0.2, 0) is 16.0 Å². The van der Waals surface area contributed by atoms with Gasteiger partial charge in [-0.25, -0.2) is 0 Å². The van der Waals surface area contributed by atoms with Crippen LogP contribution in [0.5, 0.6) is 0 Å². The molecular formula is C20H21ClN2O2S. The average molecular weight is 389 g/mol. The minimum Gasteiger partial charge on any atom is -0.339 e. The van der Waals surface area contributed by atoms with Gasteiger partial charge in [0.15, 0.2) is 0 Å². The lowest BCUT2D eigenvalue weighted by Gasteiger charge is -2.35. The molecule has 2 aliphatic rings. The first-order chi connectivity index (χ1) is 12.6. The van der Waals surface area contributed by atoms with Gasteiger partial charge in [-0.05, 0) is 29.5 Å². The zero-order chi connectivity index (χ0) is 18.1. The highest BCUT2D eigenvalue weighted by Gasteiger charge is 2.46. The number of hydrogen-bond donors (Lipinski definition) is 0. The Kier molecular flexibility index (Phi) is 5.00. The van der Waals surface area contributed by atoms with E-state index < -0.39 is 0 Å². The molecule has 0 unspecified atom stereocenters. The molecule has 1 aromatic carbocycles. The van der Waals surface area contributed by atoms with Gasteiger partial charge < -0.3 is 9.80 Å². The number of hydrogen-bond acceptors (Lipinski definition) is 3. The Balaban J connectivity index is 1.28. The Bertz CT molecular complexity index is 800. The van der Waals surface area contributed by atoms with Gasteiger partial charge in [0.05, 0.1) is 6.42 Å². The number of amides is 2. The number of carbonyl (C=O) groups excluding carboxylic acids is 2. The quantitative estimate of drug-likeness (QED) is 0.805. The Labute approximate surface area is 162 Å². The Morgan fingerprint density at radius 3 is 2.46 bits per heavy atom. The molecule has 0 radical (unpaired) electrons. The van der Waals surface area contributed by atoms with E-state index in [-0.39, 0.29) is 17.7 Å². The van der Waals surface area contributed by atoms with E-state index in [0.29, 0.717) is 43.5 Å². The third kappa shape index (κ3) is 3.64. The van der Waals surface area contributed by atoms with Crippen molar-refractivity contribution in [3.05, 3.63) is 57.2 Å². The first-order valence-electron chi connectivity index (χ1n) is 8.97. The Hall–Kier alpha value is -1.85. The summed E-state index contributed by atoms with van der Waals surface area (Å²) in [6, 6.07) is 11.6. The Morgan fingerprint density at radius 1 is 1.04 bits per heavy atom. The lowest BCUT2D eigenvalue weighted by Crippen LogP contribution is -2.51. The molecule has 0 spiro atoms. The van der Waals surface area contributed by atoms with Crippen LogP contribution in [0.4, 0.5) is 0 Å². The van der Waals surface area contributed by atoms with Crippen LogP contribution >= 0.6 is 22.9 Å². The smallest absolute Gasteiger partial charge is 0.227 e. The normalized spacial score (nSPS) is 22.3. The molecule has 1 aliphatic heterocycles. The first-order valence-corrected chi connectivity index (χ1v) is 10.2. The van der Waals surface area contributed by atoms with E-state index in [1.54, 1.807) is 17.4 Å². The summed E-state index contributed by atoms with van der Waals surface area (Å²) < 4.78 is 0. The number of halogens is 1. The van der Waals surface area contributed by atoms with Crippen LogP contribution in [-0.4, -0.2) is 47.8 Å². The fraction of sp³-hybridized carbons (Fsp3) is 0.400. The van der Waals surface area contributed by atoms with Crippen molar-refractivity contribution < 1.29 is 9.59 Å². The SMILES string of the molecule is O=C(Cc1ccccc1Cl)N1CCN(C(=O)[C@H]2C[C@H]2c2cccs2)CC1.